The zero-order valence-corrected chi connectivity index (χ0v) is 40.3. The lowest BCUT2D eigenvalue weighted by molar-refractivity contribution is -0.154. The Balaban J connectivity index is 1.01. The molecule has 3 aliphatic rings. The molecule has 1 aliphatic carbocycles. The number of esters is 1. The average Bonchev–Trinajstić information content (AvgIpc) is 3.73. The van der Waals surface area contributed by atoms with E-state index in [9.17, 15) is 14.4 Å². The van der Waals surface area contributed by atoms with E-state index < -0.39 is 13.7 Å². The first-order valence-electron chi connectivity index (χ1n) is 22.0. The predicted molar refractivity (Wildman–Crippen MR) is 247 cm³/mol. The minimum Gasteiger partial charge on any atom is -0.469 e. The molecule has 0 bridgehead atoms. The van der Waals surface area contributed by atoms with E-state index in [2.05, 4.69) is 61.2 Å². The van der Waals surface area contributed by atoms with Crippen LogP contribution in [-0.2, 0) is 54.0 Å². The molecular formula is C47H65ClN8O5Si. The lowest BCUT2D eigenvalue weighted by Crippen LogP contribution is -2.46. The second-order valence-corrected chi connectivity index (χ2v) is 24.6. The van der Waals surface area contributed by atoms with Crippen molar-refractivity contribution in [2.24, 2.45) is 19.5 Å². The van der Waals surface area contributed by atoms with Gasteiger partial charge in [0.25, 0.3) is 11.8 Å². The first-order valence-corrected chi connectivity index (χ1v) is 25.3. The van der Waals surface area contributed by atoms with E-state index in [1.54, 1.807) is 6.07 Å². The van der Waals surface area contributed by atoms with Gasteiger partial charge >= 0.3 is 5.97 Å². The van der Waals surface area contributed by atoms with Crippen LogP contribution in [0, 0.1) is 12.3 Å². The second kappa shape index (κ2) is 17.7. The van der Waals surface area contributed by atoms with E-state index in [4.69, 9.17) is 30.7 Å². The fourth-order valence-corrected chi connectivity index (χ4v) is 11.1. The topological polar surface area (TPSA) is 136 Å². The van der Waals surface area contributed by atoms with Crippen LogP contribution < -0.4 is 10.6 Å². The van der Waals surface area contributed by atoms with Crippen LogP contribution >= 0.6 is 11.6 Å². The van der Waals surface area contributed by atoms with Gasteiger partial charge < -0.3 is 28.9 Å². The van der Waals surface area contributed by atoms with Gasteiger partial charge in [-0.05, 0) is 87.8 Å². The number of carbonyl (C=O) groups excluding carboxylic acids is 3. The number of aromatic nitrogens is 4. The van der Waals surface area contributed by atoms with E-state index in [1.165, 1.54) is 7.11 Å². The summed E-state index contributed by atoms with van der Waals surface area (Å²) < 4.78 is 15.5. The standard InChI is InChI=1S/C47H65ClN8O5Si/c1-29(61-62(10,11)46(3,4)5)26-55-24-20-38-36(27-55)49-41(53(38)7)43(57)51-34-16-12-14-32(30(34)2)33-15-13-17-35(40(33)48)52-44(58)42-50-37-28-56(25-21-39(37)54(42)8)31-18-22-47(6,23-19-31)45(59)60-9/h12-17,29,31H,18-28H2,1-11H3,(H,51,57)(H,52,58)/t29-,31?,47?/m0/s1. The molecule has 1 atom stereocenters. The van der Waals surface area contributed by atoms with Crippen molar-refractivity contribution in [3.63, 3.8) is 0 Å². The number of nitrogens with zero attached hydrogens (tertiary/aromatic N) is 6. The number of hydrogen-bond donors (Lipinski definition) is 2. The normalized spacial score (nSPS) is 20.3. The number of amides is 2. The van der Waals surface area contributed by atoms with Crippen LogP contribution in [0.5, 0.6) is 0 Å². The van der Waals surface area contributed by atoms with Gasteiger partial charge in [0, 0.05) is 88.3 Å². The number of halogens is 1. The Morgan fingerprint density at radius 2 is 1.44 bits per heavy atom. The SMILES string of the molecule is COC(=O)C1(C)CCC(N2CCc3c(nc(C(=O)Nc4cccc(-c5cccc(NC(=O)c6nc7c(n6C)CCN(C[C@H](C)O[Si](C)(C)C(C)(C)C)C7)c5C)c4Cl)n3C)C2)CC1. The van der Waals surface area contributed by atoms with E-state index in [-0.39, 0.29) is 28.9 Å². The smallest absolute Gasteiger partial charge is 0.311 e. The van der Waals surface area contributed by atoms with E-state index in [0.717, 1.165) is 97.6 Å². The highest BCUT2D eigenvalue weighted by Crippen LogP contribution is 2.41. The van der Waals surface area contributed by atoms with Gasteiger partial charge in [-0.2, -0.15) is 0 Å². The molecule has 7 rings (SSSR count). The number of rotatable bonds is 11. The van der Waals surface area contributed by atoms with Gasteiger partial charge in [-0.3, -0.25) is 24.2 Å². The molecule has 0 radical (unpaired) electrons. The van der Waals surface area contributed by atoms with Crippen LogP contribution in [0.4, 0.5) is 11.4 Å². The molecule has 4 aromatic rings. The largest absolute Gasteiger partial charge is 0.469 e. The third kappa shape index (κ3) is 9.03. The molecule has 4 heterocycles. The molecule has 2 aromatic heterocycles. The first-order chi connectivity index (χ1) is 29.2. The zero-order valence-electron chi connectivity index (χ0n) is 38.5. The predicted octanol–water partition coefficient (Wildman–Crippen LogP) is 8.54. The summed E-state index contributed by atoms with van der Waals surface area (Å²) in [7, 11) is 3.38. The maximum Gasteiger partial charge on any atom is 0.311 e. The van der Waals surface area contributed by atoms with Crippen molar-refractivity contribution in [2.45, 2.75) is 123 Å². The number of carbonyl (C=O) groups is 3. The summed E-state index contributed by atoms with van der Waals surface area (Å²) in [5.41, 5.74) is 7.05. The summed E-state index contributed by atoms with van der Waals surface area (Å²) in [6, 6.07) is 11.6. The van der Waals surface area contributed by atoms with Gasteiger partial charge in [-0.1, -0.05) is 56.6 Å². The third-order valence-corrected chi connectivity index (χ3v) is 19.2. The second-order valence-electron chi connectivity index (χ2n) is 19.5. The maximum atomic E-state index is 13.9. The Kier molecular flexibility index (Phi) is 13.0. The van der Waals surface area contributed by atoms with Gasteiger partial charge in [-0.15, -0.1) is 0 Å². The number of fused-ring (bicyclic) bond motifs is 2. The first kappa shape index (κ1) is 45.7. The van der Waals surface area contributed by atoms with Crippen LogP contribution in [0.25, 0.3) is 11.1 Å². The monoisotopic (exact) mass is 884 g/mol. The minimum absolute atomic E-state index is 0.102. The molecule has 62 heavy (non-hydrogen) atoms. The number of anilines is 2. The van der Waals surface area contributed by atoms with Gasteiger partial charge in [0.15, 0.2) is 20.0 Å². The lowest BCUT2D eigenvalue weighted by Gasteiger charge is -2.41. The summed E-state index contributed by atoms with van der Waals surface area (Å²) >= 11 is 7.08. The number of ether oxygens (including phenoxy) is 1. The zero-order chi connectivity index (χ0) is 44.9. The van der Waals surface area contributed by atoms with E-state index in [0.29, 0.717) is 47.2 Å². The highest BCUT2D eigenvalue weighted by atomic mass is 35.5. The Bertz CT molecular complexity index is 2360. The molecule has 1 fully saturated rings. The molecule has 334 valence electrons. The summed E-state index contributed by atoms with van der Waals surface area (Å²) in [4.78, 5) is 54.6. The Morgan fingerprint density at radius 3 is 2.03 bits per heavy atom. The fraction of sp³-hybridized carbons (Fsp3) is 0.553. The molecule has 13 nitrogen and oxygen atoms in total. The third-order valence-electron chi connectivity index (χ3n) is 14.2. The van der Waals surface area contributed by atoms with Crippen LogP contribution in [0.3, 0.4) is 0 Å². The number of nitrogens with one attached hydrogen (secondary N) is 2. The van der Waals surface area contributed by atoms with Crippen LogP contribution in [-0.4, -0.2) is 93.9 Å². The van der Waals surface area contributed by atoms with Crippen molar-refractivity contribution in [3.8, 4) is 11.1 Å². The summed E-state index contributed by atoms with van der Waals surface area (Å²) in [6.45, 7) is 21.4. The molecule has 2 amide bonds. The van der Waals surface area contributed by atoms with Crippen molar-refractivity contribution >= 4 is 49.1 Å². The van der Waals surface area contributed by atoms with E-state index in [1.807, 2.05) is 67.4 Å². The fourth-order valence-electron chi connectivity index (χ4n) is 9.40. The molecule has 2 N–H and O–H groups in total. The molecule has 2 aliphatic heterocycles. The molecule has 1 saturated carbocycles. The van der Waals surface area contributed by atoms with Gasteiger partial charge in [-0.25, -0.2) is 9.97 Å². The van der Waals surface area contributed by atoms with E-state index >= 15 is 0 Å². The minimum atomic E-state index is -1.89. The van der Waals surface area contributed by atoms with Crippen LogP contribution in [0.15, 0.2) is 36.4 Å². The summed E-state index contributed by atoms with van der Waals surface area (Å²) in [5, 5.41) is 6.69. The van der Waals surface area contributed by atoms with Crippen molar-refractivity contribution in [3.05, 3.63) is 81.4 Å². The van der Waals surface area contributed by atoms with Gasteiger partial charge in [0.1, 0.15) is 0 Å². The highest BCUT2D eigenvalue weighted by Gasteiger charge is 2.41. The number of methoxy groups -OCH3 is 1. The molecular weight excluding hydrogens is 820 g/mol. The quantitative estimate of drug-likeness (QED) is 0.112. The Morgan fingerprint density at radius 1 is 0.887 bits per heavy atom. The van der Waals surface area contributed by atoms with Crippen molar-refractivity contribution in [1.29, 1.82) is 0 Å². The Labute approximate surface area is 373 Å². The van der Waals surface area contributed by atoms with Gasteiger partial charge in [0.05, 0.1) is 40.7 Å². The van der Waals surface area contributed by atoms with Crippen molar-refractivity contribution < 1.29 is 23.5 Å². The molecule has 2 aromatic carbocycles. The lowest BCUT2D eigenvalue weighted by atomic mass is 9.73. The van der Waals surface area contributed by atoms with Crippen LogP contribution in [0.2, 0.25) is 23.2 Å². The number of hydrogen-bond acceptors (Lipinski definition) is 9. The molecule has 0 saturated heterocycles. The molecule has 0 spiro atoms. The van der Waals surface area contributed by atoms with Crippen molar-refractivity contribution in [2.75, 3.05) is 37.4 Å². The van der Waals surface area contributed by atoms with Crippen LogP contribution in [0.1, 0.15) is 110 Å². The highest BCUT2D eigenvalue weighted by molar-refractivity contribution is 6.74. The number of imidazole rings is 2. The van der Waals surface area contributed by atoms with Crippen molar-refractivity contribution in [1.82, 2.24) is 28.9 Å². The summed E-state index contributed by atoms with van der Waals surface area (Å²) in [5.74, 6) is -0.0510. The Hall–Kier alpha value is -4.34. The number of benzene rings is 2. The molecule has 15 heteroatoms. The maximum absolute atomic E-state index is 13.9. The molecule has 0 unspecified atom stereocenters. The van der Waals surface area contributed by atoms with Gasteiger partial charge in [0.2, 0.25) is 0 Å². The summed E-state index contributed by atoms with van der Waals surface area (Å²) in [6.07, 6.45) is 5.12. The average molecular weight is 886 g/mol.